The molecule has 0 saturated heterocycles. The van der Waals surface area contributed by atoms with Gasteiger partial charge in [0.2, 0.25) is 0 Å². The molecule has 37 heavy (non-hydrogen) atoms. The van der Waals surface area contributed by atoms with Gasteiger partial charge in [-0.2, -0.15) is 5.10 Å². The third-order valence-electron chi connectivity index (χ3n) is 6.57. The molecule has 8 heteroatoms. The first-order chi connectivity index (χ1) is 17.6. The zero-order chi connectivity index (χ0) is 26.4. The predicted octanol–water partition coefficient (Wildman–Crippen LogP) is 4.86. The molecule has 0 bridgehead atoms. The Kier molecular flexibility index (Phi) is 5.82. The summed E-state index contributed by atoms with van der Waals surface area (Å²) in [6.07, 6.45) is 2.24. The van der Waals surface area contributed by atoms with E-state index in [2.05, 4.69) is 10.4 Å². The van der Waals surface area contributed by atoms with Crippen LogP contribution < -0.4 is 10.2 Å². The molecule has 4 aromatic rings. The average Bonchev–Trinajstić information content (AvgIpc) is 3.47. The smallest absolute Gasteiger partial charge is 0.408 e. The number of amides is 2. The summed E-state index contributed by atoms with van der Waals surface area (Å²) in [5.41, 5.74) is -0.915. The number of ether oxygens (including phenoxy) is 1. The monoisotopic (exact) mass is 496 g/mol. The molecule has 0 saturated carbocycles. The van der Waals surface area contributed by atoms with Crippen LogP contribution in [0.25, 0.3) is 10.8 Å². The van der Waals surface area contributed by atoms with Crippen LogP contribution in [0.5, 0.6) is 0 Å². The minimum atomic E-state index is -1.79. The molecule has 1 aromatic heterocycles. The molecular weight excluding hydrogens is 468 g/mol. The molecule has 0 aliphatic carbocycles. The SMILES string of the molecule is CN1C(=O)[C@@](NC(=O)OC(C)(C)C)([C@@H](C(=O)n2cccn2)c2cccc3ccccc23)c2ccccc21. The van der Waals surface area contributed by atoms with Gasteiger partial charge < -0.3 is 15.0 Å². The van der Waals surface area contributed by atoms with Gasteiger partial charge in [0, 0.05) is 30.7 Å². The first kappa shape index (κ1) is 24.2. The zero-order valence-corrected chi connectivity index (χ0v) is 21.1. The minimum absolute atomic E-state index is 0.446. The zero-order valence-electron chi connectivity index (χ0n) is 21.1. The van der Waals surface area contributed by atoms with Crippen molar-refractivity contribution >= 4 is 34.4 Å². The van der Waals surface area contributed by atoms with Crippen LogP contribution in [-0.2, 0) is 15.1 Å². The minimum Gasteiger partial charge on any atom is -0.444 e. The molecule has 2 amide bonds. The van der Waals surface area contributed by atoms with E-state index in [0.717, 1.165) is 10.8 Å². The average molecular weight is 497 g/mol. The molecule has 1 N–H and O–H groups in total. The quantitative estimate of drug-likeness (QED) is 0.436. The standard InChI is InChI=1S/C29H28N4O4/c1-28(2,3)37-27(36)31-29(22-15-7-8-16-23(22)32(4)26(29)35)24(25(34)33-18-10-17-30-33)21-14-9-12-19-11-5-6-13-20(19)21/h5-18,24H,1-4H3,(H,31,36)/t24-,29+/m1/s1. The molecule has 0 unspecified atom stereocenters. The fourth-order valence-electron chi connectivity index (χ4n) is 5.11. The molecule has 3 aromatic carbocycles. The summed E-state index contributed by atoms with van der Waals surface area (Å²) < 4.78 is 6.82. The molecule has 0 spiro atoms. The van der Waals surface area contributed by atoms with Crippen LogP contribution in [0.3, 0.4) is 0 Å². The number of hydrogen-bond acceptors (Lipinski definition) is 5. The second kappa shape index (κ2) is 8.89. The van der Waals surface area contributed by atoms with Gasteiger partial charge in [-0.05, 0) is 49.2 Å². The van der Waals surface area contributed by atoms with Crippen molar-refractivity contribution in [2.45, 2.75) is 37.8 Å². The summed E-state index contributed by atoms with van der Waals surface area (Å²) in [7, 11) is 1.64. The molecule has 1 aliphatic heterocycles. The normalized spacial score (nSPS) is 17.9. The molecular formula is C29H28N4O4. The lowest BCUT2D eigenvalue weighted by molar-refractivity contribution is -0.124. The van der Waals surface area contributed by atoms with E-state index in [0.29, 0.717) is 16.8 Å². The Bertz CT molecular complexity index is 1500. The van der Waals surface area contributed by atoms with Crippen LogP contribution in [0.1, 0.15) is 42.6 Å². The van der Waals surface area contributed by atoms with Crippen molar-refractivity contribution in [3.05, 3.63) is 96.3 Å². The molecule has 0 fully saturated rings. The van der Waals surface area contributed by atoms with Crippen LogP contribution in [0, 0.1) is 0 Å². The number of alkyl carbamates (subject to hydrolysis) is 1. The Balaban J connectivity index is 1.83. The van der Waals surface area contributed by atoms with Gasteiger partial charge in [-0.3, -0.25) is 9.59 Å². The summed E-state index contributed by atoms with van der Waals surface area (Å²) in [4.78, 5) is 43.4. The number of nitrogens with zero attached hydrogens (tertiary/aromatic N) is 3. The lowest BCUT2D eigenvalue weighted by atomic mass is 9.73. The van der Waals surface area contributed by atoms with Gasteiger partial charge in [0.1, 0.15) is 11.5 Å². The van der Waals surface area contributed by atoms with Crippen LogP contribution in [-0.4, -0.2) is 40.3 Å². The second-order valence-corrected chi connectivity index (χ2v) is 10.1. The highest BCUT2D eigenvalue weighted by Crippen LogP contribution is 2.49. The van der Waals surface area contributed by atoms with Crippen LogP contribution in [0.15, 0.2) is 85.2 Å². The van der Waals surface area contributed by atoms with Crippen molar-refractivity contribution in [3.8, 4) is 0 Å². The van der Waals surface area contributed by atoms with E-state index >= 15 is 0 Å². The molecule has 188 valence electrons. The molecule has 8 nitrogen and oxygen atoms in total. The Morgan fingerprint density at radius 1 is 0.973 bits per heavy atom. The number of rotatable bonds is 4. The number of benzene rings is 3. The summed E-state index contributed by atoms with van der Waals surface area (Å²) >= 11 is 0. The highest BCUT2D eigenvalue weighted by atomic mass is 16.6. The Hall–Kier alpha value is -4.46. The third-order valence-corrected chi connectivity index (χ3v) is 6.57. The second-order valence-electron chi connectivity index (χ2n) is 10.1. The van der Waals surface area contributed by atoms with Crippen LogP contribution in [0.2, 0.25) is 0 Å². The predicted molar refractivity (Wildman–Crippen MR) is 140 cm³/mol. The first-order valence-corrected chi connectivity index (χ1v) is 12.0. The van der Waals surface area contributed by atoms with Crippen LogP contribution in [0.4, 0.5) is 10.5 Å². The lowest BCUT2D eigenvalue weighted by Crippen LogP contribution is -2.59. The van der Waals surface area contributed by atoms with E-state index in [9.17, 15) is 14.4 Å². The largest absolute Gasteiger partial charge is 0.444 e. The van der Waals surface area contributed by atoms with E-state index in [1.54, 1.807) is 52.1 Å². The molecule has 2 heterocycles. The number of carbonyl (C=O) groups is 3. The van der Waals surface area contributed by atoms with E-state index in [4.69, 9.17) is 4.74 Å². The van der Waals surface area contributed by atoms with Crippen molar-refractivity contribution in [1.29, 1.82) is 0 Å². The highest BCUT2D eigenvalue weighted by Gasteiger charge is 2.60. The summed E-state index contributed by atoms with van der Waals surface area (Å²) in [6, 6.07) is 22.1. The van der Waals surface area contributed by atoms with Gasteiger partial charge in [-0.15, -0.1) is 0 Å². The van der Waals surface area contributed by atoms with Gasteiger partial charge in [-0.25, -0.2) is 9.48 Å². The molecule has 2 atom stereocenters. The summed E-state index contributed by atoms with van der Waals surface area (Å²) in [6.45, 7) is 5.23. The van der Waals surface area contributed by atoms with E-state index in [1.165, 1.54) is 22.0 Å². The van der Waals surface area contributed by atoms with Gasteiger partial charge in [-0.1, -0.05) is 60.7 Å². The first-order valence-electron chi connectivity index (χ1n) is 12.0. The van der Waals surface area contributed by atoms with Crippen molar-refractivity contribution < 1.29 is 19.1 Å². The molecule has 5 rings (SSSR count). The van der Waals surface area contributed by atoms with Gasteiger partial charge >= 0.3 is 6.09 Å². The number of hydrogen-bond donors (Lipinski definition) is 1. The summed E-state index contributed by atoms with van der Waals surface area (Å²) in [5, 5.41) is 8.75. The fraction of sp³-hybridized carbons (Fsp3) is 0.241. The Labute approximate surface area is 214 Å². The third kappa shape index (κ3) is 4.04. The number of carbonyl (C=O) groups excluding carboxylic acids is 3. The van der Waals surface area contributed by atoms with E-state index in [1.807, 2.05) is 48.5 Å². The maximum atomic E-state index is 14.3. The van der Waals surface area contributed by atoms with Gasteiger partial charge in [0.05, 0.1) is 0 Å². The number of nitrogens with one attached hydrogen (secondary N) is 1. The van der Waals surface area contributed by atoms with Crippen molar-refractivity contribution in [2.24, 2.45) is 0 Å². The molecule has 0 radical (unpaired) electrons. The van der Waals surface area contributed by atoms with Gasteiger partial charge in [0.15, 0.2) is 5.54 Å². The molecule has 1 aliphatic rings. The van der Waals surface area contributed by atoms with Crippen molar-refractivity contribution in [2.75, 3.05) is 11.9 Å². The van der Waals surface area contributed by atoms with Crippen LogP contribution >= 0.6 is 0 Å². The van der Waals surface area contributed by atoms with E-state index in [-0.39, 0.29) is 0 Å². The van der Waals surface area contributed by atoms with Crippen molar-refractivity contribution in [3.63, 3.8) is 0 Å². The number of fused-ring (bicyclic) bond motifs is 2. The summed E-state index contributed by atoms with van der Waals surface area (Å²) in [5.74, 6) is -2.07. The van der Waals surface area contributed by atoms with E-state index < -0.39 is 35.0 Å². The maximum Gasteiger partial charge on any atom is 0.408 e. The lowest BCUT2D eigenvalue weighted by Gasteiger charge is -2.37. The Morgan fingerprint density at radius 2 is 1.68 bits per heavy atom. The number of para-hydroxylation sites is 1. The highest BCUT2D eigenvalue weighted by molar-refractivity contribution is 6.13. The number of anilines is 1. The van der Waals surface area contributed by atoms with Crippen molar-refractivity contribution in [1.82, 2.24) is 15.1 Å². The maximum absolute atomic E-state index is 14.3. The topological polar surface area (TPSA) is 93.5 Å². The number of likely N-dealkylation sites (N-methyl/N-ethyl adjacent to an activating group) is 1. The van der Waals surface area contributed by atoms with Gasteiger partial charge in [0.25, 0.3) is 11.8 Å². The fourth-order valence-corrected chi connectivity index (χ4v) is 5.11. The Morgan fingerprint density at radius 3 is 2.41 bits per heavy atom. The number of aromatic nitrogens is 2.